The van der Waals surface area contributed by atoms with E-state index in [1.165, 1.54) is 42.4 Å². The predicted octanol–water partition coefficient (Wildman–Crippen LogP) is 2.47. The zero-order valence-corrected chi connectivity index (χ0v) is 10.5. The minimum absolute atomic E-state index is 0.0750. The van der Waals surface area contributed by atoms with Crippen LogP contribution in [0.3, 0.4) is 0 Å². The van der Waals surface area contributed by atoms with Crippen LogP contribution in [0.4, 0.5) is 14.5 Å². The summed E-state index contributed by atoms with van der Waals surface area (Å²) in [5, 5.41) is 9.41. The van der Waals surface area contributed by atoms with Gasteiger partial charge in [0.15, 0.2) is 5.16 Å². The van der Waals surface area contributed by atoms with E-state index in [2.05, 4.69) is 20.5 Å². The van der Waals surface area contributed by atoms with Crippen molar-refractivity contribution in [2.75, 3.05) is 11.1 Å². The summed E-state index contributed by atoms with van der Waals surface area (Å²) >= 11 is 1.20. The van der Waals surface area contributed by atoms with E-state index in [-0.39, 0.29) is 17.2 Å². The number of thioether (sulfide) groups is 1. The average molecular weight is 284 g/mol. The van der Waals surface area contributed by atoms with Crippen molar-refractivity contribution in [2.24, 2.45) is 0 Å². The number of aromatic amines is 1. The minimum Gasteiger partial charge on any atom is -0.325 e. The molecule has 2 aromatic rings. The third-order valence-electron chi connectivity index (χ3n) is 2.18. The number of hydrogen-bond acceptors (Lipinski definition) is 4. The molecule has 0 spiro atoms. The molecule has 1 heterocycles. The van der Waals surface area contributed by atoms with Crippen LogP contribution < -0.4 is 5.32 Å². The second-order valence-electron chi connectivity index (χ2n) is 3.55. The first kappa shape index (κ1) is 13.5. The number of amides is 1. The van der Waals surface area contributed by atoms with E-state index in [0.717, 1.165) is 0 Å². The lowest BCUT2D eigenvalue weighted by atomic mass is 10.2. The fraction of sp³-hybridized carbons (Fsp3) is 0.182. The van der Waals surface area contributed by atoms with Gasteiger partial charge in [-0.3, -0.25) is 9.89 Å². The highest BCUT2D eigenvalue weighted by Gasteiger charge is 2.08. The number of carbonyl (C=O) groups is 1. The number of rotatable bonds is 5. The molecule has 2 rings (SSSR count). The van der Waals surface area contributed by atoms with Crippen molar-refractivity contribution in [2.45, 2.75) is 11.6 Å². The maximum Gasteiger partial charge on any atom is 0.263 e. The summed E-state index contributed by atoms with van der Waals surface area (Å²) in [7, 11) is 0. The Bertz CT molecular complexity index is 530. The molecule has 0 radical (unpaired) electrons. The van der Waals surface area contributed by atoms with E-state index in [1.54, 1.807) is 0 Å². The van der Waals surface area contributed by atoms with Crippen LogP contribution in [0.5, 0.6) is 0 Å². The molecule has 1 amide bonds. The molecule has 8 heteroatoms. The first-order valence-corrected chi connectivity index (χ1v) is 6.30. The average Bonchev–Trinajstić information content (AvgIpc) is 2.90. The molecule has 1 aromatic carbocycles. The molecule has 0 saturated heterocycles. The lowest BCUT2D eigenvalue weighted by molar-refractivity contribution is -0.113. The number of benzene rings is 1. The van der Waals surface area contributed by atoms with Crippen molar-refractivity contribution < 1.29 is 13.6 Å². The Kier molecular flexibility index (Phi) is 4.45. The third-order valence-corrected chi connectivity index (χ3v) is 3.06. The number of carbonyl (C=O) groups excluding carboxylic acids is 1. The Hall–Kier alpha value is -1.96. The van der Waals surface area contributed by atoms with Gasteiger partial charge in [0.1, 0.15) is 6.33 Å². The zero-order valence-electron chi connectivity index (χ0n) is 9.64. The van der Waals surface area contributed by atoms with E-state index in [1.807, 2.05) is 0 Å². The molecular weight excluding hydrogens is 274 g/mol. The van der Waals surface area contributed by atoms with E-state index < -0.39 is 6.43 Å². The second kappa shape index (κ2) is 6.28. The Balaban J connectivity index is 1.84. The summed E-state index contributed by atoms with van der Waals surface area (Å²) < 4.78 is 24.7. The number of nitrogens with one attached hydrogen (secondary N) is 2. The first-order chi connectivity index (χ1) is 9.15. The van der Waals surface area contributed by atoms with Crippen molar-refractivity contribution >= 4 is 23.4 Å². The Morgan fingerprint density at radius 1 is 1.37 bits per heavy atom. The lowest BCUT2D eigenvalue weighted by Crippen LogP contribution is -2.14. The van der Waals surface area contributed by atoms with Crippen LogP contribution in [0.1, 0.15) is 12.0 Å². The molecule has 5 nitrogen and oxygen atoms in total. The summed E-state index contributed by atoms with van der Waals surface area (Å²) in [6.45, 7) is 0. The highest BCUT2D eigenvalue weighted by atomic mass is 32.2. The van der Waals surface area contributed by atoms with Gasteiger partial charge in [0.2, 0.25) is 5.91 Å². The largest absolute Gasteiger partial charge is 0.325 e. The van der Waals surface area contributed by atoms with Gasteiger partial charge < -0.3 is 5.32 Å². The van der Waals surface area contributed by atoms with Crippen molar-refractivity contribution in [3.05, 3.63) is 36.2 Å². The van der Waals surface area contributed by atoms with Crippen molar-refractivity contribution in [3.8, 4) is 0 Å². The number of alkyl halides is 2. The molecule has 0 fully saturated rings. The van der Waals surface area contributed by atoms with Crippen molar-refractivity contribution in [1.29, 1.82) is 0 Å². The number of nitrogens with zero attached hydrogens (tertiary/aromatic N) is 2. The molecule has 1 aromatic heterocycles. The van der Waals surface area contributed by atoms with E-state index >= 15 is 0 Å². The second-order valence-corrected chi connectivity index (χ2v) is 4.51. The number of halogens is 2. The highest BCUT2D eigenvalue weighted by Crippen LogP contribution is 2.20. The summed E-state index contributed by atoms with van der Waals surface area (Å²) in [6.07, 6.45) is -1.16. The van der Waals surface area contributed by atoms with Crippen LogP contribution in [0.15, 0.2) is 35.7 Å². The quantitative estimate of drug-likeness (QED) is 0.827. The van der Waals surface area contributed by atoms with Crippen molar-refractivity contribution in [1.82, 2.24) is 15.2 Å². The van der Waals surface area contributed by atoms with Crippen LogP contribution in [0.25, 0.3) is 0 Å². The normalized spacial score (nSPS) is 10.7. The molecule has 19 heavy (non-hydrogen) atoms. The van der Waals surface area contributed by atoms with Crippen molar-refractivity contribution in [3.63, 3.8) is 0 Å². The summed E-state index contributed by atoms with van der Waals surface area (Å²) in [6, 6.07) is 5.45. The number of aromatic nitrogens is 3. The Morgan fingerprint density at radius 3 is 2.68 bits per heavy atom. The lowest BCUT2D eigenvalue weighted by Gasteiger charge is -2.05. The van der Waals surface area contributed by atoms with Crippen LogP contribution in [-0.2, 0) is 4.79 Å². The molecule has 0 aliphatic rings. The third kappa shape index (κ3) is 4.02. The van der Waals surface area contributed by atoms with Crippen LogP contribution in [0, 0.1) is 0 Å². The highest BCUT2D eigenvalue weighted by molar-refractivity contribution is 7.99. The van der Waals surface area contributed by atoms with Gasteiger partial charge >= 0.3 is 0 Å². The SMILES string of the molecule is O=C(CSc1ncn[nH]1)Nc1ccc(C(F)F)cc1. The minimum atomic E-state index is -2.51. The number of anilines is 1. The molecular formula is C11H10F2N4OS. The van der Waals surface area contributed by atoms with Gasteiger partial charge in [0.05, 0.1) is 5.75 Å². The van der Waals surface area contributed by atoms with Gasteiger partial charge in [-0.1, -0.05) is 23.9 Å². The maximum absolute atomic E-state index is 12.3. The van der Waals surface area contributed by atoms with Crippen LogP contribution in [0.2, 0.25) is 0 Å². The molecule has 0 bridgehead atoms. The smallest absolute Gasteiger partial charge is 0.263 e. The van der Waals surface area contributed by atoms with E-state index in [4.69, 9.17) is 0 Å². The standard InChI is InChI=1S/C11H10F2N4OS/c12-10(13)7-1-3-8(4-2-7)16-9(18)5-19-11-14-6-15-17-11/h1-4,6,10H,5H2,(H,16,18)(H,14,15,17). The fourth-order valence-electron chi connectivity index (χ4n) is 1.31. The van der Waals surface area contributed by atoms with Crippen LogP contribution in [-0.4, -0.2) is 26.8 Å². The summed E-state index contributed by atoms with van der Waals surface area (Å²) in [5.41, 5.74) is 0.404. The first-order valence-electron chi connectivity index (χ1n) is 5.31. The van der Waals surface area contributed by atoms with Gasteiger partial charge in [-0.2, -0.15) is 5.10 Å². The molecule has 2 N–H and O–H groups in total. The van der Waals surface area contributed by atoms with E-state index in [0.29, 0.717) is 10.8 Å². The molecule has 0 aliphatic heterocycles. The molecule has 0 atom stereocenters. The Labute approximate surface area is 111 Å². The topological polar surface area (TPSA) is 70.7 Å². The Morgan fingerprint density at radius 2 is 2.11 bits per heavy atom. The van der Waals surface area contributed by atoms with Gasteiger partial charge in [0, 0.05) is 11.3 Å². The number of H-pyrrole nitrogens is 1. The van der Waals surface area contributed by atoms with Gasteiger partial charge in [-0.05, 0) is 12.1 Å². The number of hydrogen-bond donors (Lipinski definition) is 2. The molecule has 0 saturated carbocycles. The predicted molar refractivity (Wildman–Crippen MR) is 67.1 cm³/mol. The zero-order chi connectivity index (χ0) is 13.7. The molecule has 100 valence electrons. The summed E-state index contributed by atoms with van der Waals surface area (Å²) in [4.78, 5) is 15.4. The summed E-state index contributed by atoms with van der Waals surface area (Å²) in [5.74, 6) is -0.0857. The fourth-order valence-corrected chi connectivity index (χ4v) is 1.89. The monoisotopic (exact) mass is 284 g/mol. The van der Waals surface area contributed by atoms with Crippen LogP contribution >= 0.6 is 11.8 Å². The van der Waals surface area contributed by atoms with Gasteiger partial charge in [0.25, 0.3) is 6.43 Å². The maximum atomic E-state index is 12.3. The van der Waals surface area contributed by atoms with Gasteiger partial charge in [-0.15, -0.1) is 0 Å². The molecule has 0 aliphatic carbocycles. The molecule has 0 unspecified atom stereocenters. The van der Waals surface area contributed by atoms with Gasteiger partial charge in [-0.25, -0.2) is 13.8 Å². The van der Waals surface area contributed by atoms with E-state index in [9.17, 15) is 13.6 Å².